The summed E-state index contributed by atoms with van der Waals surface area (Å²) >= 11 is 0. The number of esters is 1. The Morgan fingerprint density at radius 3 is 2.54 bits per heavy atom. The summed E-state index contributed by atoms with van der Waals surface area (Å²) in [6.07, 6.45) is 1.35. The number of cyclic esters (lactones) is 1. The molecule has 0 spiro atoms. The molecule has 2 aromatic rings. The highest BCUT2D eigenvalue weighted by atomic mass is 16.6. The van der Waals surface area contributed by atoms with Gasteiger partial charge < -0.3 is 4.74 Å². The van der Waals surface area contributed by atoms with E-state index in [1.54, 1.807) is 19.1 Å². The molecule has 0 aromatic heterocycles. The van der Waals surface area contributed by atoms with E-state index in [-0.39, 0.29) is 28.5 Å². The highest BCUT2D eigenvalue weighted by Gasteiger charge is 2.26. The molecule has 1 aliphatic heterocycles. The van der Waals surface area contributed by atoms with Crippen molar-refractivity contribution in [1.82, 2.24) is 0 Å². The largest absolute Gasteiger partial charge is 0.402 e. The molecular formula is C17H11N3O6. The number of aryl methyl sites for hydroxylation is 1. The molecule has 0 amide bonds. The third-order valence-corrected chi connectivity index (χ3v) is 3.66. The van der Waals surface area contributed by atoms with Crippen LogP contribution in [0.5, 0.6) is 0 Å². The minimum Gasteiger partial charge on any atom is -0.402 e. The van der Waals surface area contributed by atoms with Crippen molar-refractivity contribution in [2.75, 3.05) is 0 Å². The SMILES string of the molecule is Cc1ccc(C2=NC(=Cc3cccc([N+](=O)[O-])c3)C(=O)O2)cc1[N+](=O)[O-]. The van der Waals surface area contributed by atoms with Crippen LogP contribution in [0.2, 0.25) is 0 Å². The van der Waals surface area contributed by atoms with Crippen LogP contribution < -0.4 is 0 Å². The van der Waals surface area contributed by atoms with Crippen LogP contribution in [0.15, 0.2) is 53.2 Å². The van der Waals surface area contributed by atoms with E-state index in [0.717, 1.165) is 0 Å². The lowest BCUT2D eigenvalue weighted by Gasteiger charge is -2.01. The summed E-state index contributed by atoms with van der Waals surface area (Å²) in [7, 11) is 0. The van der Waals surface area contributed by atoms with Gasteiger partial charge in [-0.05, 0) is 24.6 Å². The maximum Gasteiger partial charge on any atom is 0.363 e. The first-order valence-corrected chi connectivity index (χ1v) is 7.37. The molecule has 9 nitrogen and oxygen atoms in total. The van der Waals surface area contributed by atoms with Gasteiger partial charge in [-0.2, -0.15) is 0 Å². The zero-order valence-corrected chi connectivity index (χ0v) is 13.4. The molecule has 9 heteroatoms. The van der Waals surface area contributed by atoms with Crippen LogP contribution in [0.25, 0.3) is 6.08 Å². The van der Waals surface area contributed by atoms with E-state index in [1.165, 1.54) is 36.4 Å². The van der Waals surface area contributed by atoms with Gasteiger partial charge in [0.05, 0.1) is 9.85 Å². The van der Waals surface area contributed by atoms with Crippen LogP contribution >= 0.6 is 0 Å². The van der Waals surface area contributed by atoms with Crippen LogP contribution in [0, 0.1) is 27.2 Å². The highest BCUT2D eigenvalue weighted by Crippen LogP contribution is 2.24. The van der Waals surface area contributed by atoms with E-state index in [4.69, 9.17) is 4.74 Å². The minimum atomic E-state index is -0.741. The fraction of sp³-hybridized carbons (Fsp3) is 0.0588. The number of hydrogen-bond acceptors (Lipinski definition) is 7. The lowest BCUT2D eigenvalue weighted by atomic mass is 10.1. The zero-order valence-electron chi connectivity index (χ0n) is 13.4. The summed E-state index contributed by atoms with van der Waals surface area (Å²) in [5.74, 6) is -0.801. The number of non-ortho nitro benzene ring substituents is 1. The average Bonchev–Trinajstić information content (AvgIpc) is 2.96. The van der Waals surface area contributed by atoms with Crippen molar-refractivity contribution in [2.45, 2.75) is 6.92 Å². The zero-order chi connectivity index (χ0) is 18.8. The van der Waals surface area contributed by atoms with Crippen LogP contribution in [0.4, 0.5) is 11.4 Å². The lowest BCUT2D eigenvalue weighted by Crippen LogP contribution is -2.06. The first-order chi connectivity index (χ1) is 12.3. The monoisotopic (exact) mass is 353 g/mol. The smallest absolute Gasteiger partial charge is 0.363 e. The Morgan fingerprint density at radius 1 is 1.08 bits per heavy atom. The summed E-state index contributed by atoms with van der Waals surface area (Å²) in [5.41, 5.74) is 0.880. The molecule has 0 atom stereocenters. The molecule has 0 unspecified atom stereocenters. The van der Waals surface area contributed by atoms with Gasteiger partial charge >= 0.3 is 5.97 Å². The van der Waals surface area contributed by atoms with Crippen molar-refractivity contribution in [1.29, 1.82) is 0 Å². The van der Waals surface area contributed by atoms with Crippen molar-refractivity contribution in [3.8, 4) is 0 Å². The van der Waals surface area contributed by atoms with Gasteiger partial charge in [0, 0.05) is 29.3 Å². The van der Waals surface area contributed by atoms with Crippen molar-refractivity contribution in [2.24, 2.45) is 4.99 Å². The van der Waals surface area contributed by atoms with Crippen LogP contribution in [0.3, 0.4) is 0 Å². The Morgan fingerprint density at radius 2 is 1.85 bits per heavy atom. The van der Waals surface area contributed by atoms with E-state index in [2.05, 4.69) is 4.99 Å². The van der Waals surface area contributed by atoms with Gasteiger partial charge in [0.15, 0.2) is 5.70 Å². The van der Waals surface area contributed by atoms with E-state index in [9.17, 15) is 25.0 Å². The quantitative estimate of drug-likeness (QED) is 0.360. The number of nitrogens with zero attached hydrogens (tertiary/aromatic N) is 3. The molecule has 0 bridgehead atoms. The van der Waals surface area contributed by atoms with Gasteiger partial charge in [-0.25, -0.2) is 9.79 Å². The Hall–Kier alpha value is -3.88. The van der Waals surface area contributed by atoms with Crippen LogP contribution in [-0.4, -0.2) is 21.7 Å². The molecular weight excluding hydrogens is 342 g/mol. The summed E-state index contributed by atoms with van der Waals surface area (Å²) in [5, 5.41) is 21.9. The number of aliphatic imine (C=N–C) groups is 1. The number of nitro groups is 2. The van der Waals surface area contributed by atoms with Crippen molar-refractivity contribution >= 4 is 29.3 Å². The highest BCUT2D eigenvalue weighted by molar-refractivity contribution is 6.13. The van der Waals surface area contributed by atoms with Gasteiger partial charge in [0.1, 0.15) is 0 Å². The molecule has 2 aromatic carbocycles. The Bertz CT molecular complexity index is 1010. The van der Waals surface area contributed by atoms with Crippen molar-refractivity contribution < 1.29 is 19.4 Å². The Labute approximate surface area is 146 Å². The molecule has 0 aliphatic carbocycles. The predicted octanol–water partition coefficient (Wildman–Crippen LogP) is 3.16. The van der Waals surface area contributed by atoms with E-state index in [0.29, 0.717) is 11.1 Å². The predicted molar refractivity (Wildman–Crippen MR) is 91.5 cm³/mol. The van der Waals surface area contributed by atoms with Gasteiger partial charge in [-0.1, -0.05) is 18.2 Å². The number of benzene rings is 2. The molecule has 130 valence electrons. The second kappa shape index (κ2) is 6.55. The van der Waals surface area contributed by atoms with Crippen LogP contribution in [-0.2, 0) is 9.53 Å². The first-order valence-electron chi connectivity index (χ1n) is 7.37. The Balaban J connectivity index is 1.97. The fourth-order valence-corrected chi connectivity index (χ4v) is 2.36. The van der Waals surface area contributed by atoms with E-state index < -0.39 is 15.8 Å². The molecule has 26 heavy (non-hydrogen) atoms. The molecule has 0 radical (unpaired) electrons. The standard InChI is InChI=1S/C17H11N3O6/c1-10-5-6-12(9-15(10)20(24)25)16-18-14(17(21)26-16)8-11-3-2-4-13(7-11)19(22)23/h2-9H,1H3. The number of rotatable bonds is 4. The molecule has 0 saturated heterocycles. The number of hydrogen-bond donors (Lipinski definition) is 0. The maximum atomic E-state index is 12.0. The second-order valence-electron chi connectivity index (χ2n) is 5.45. The summed E-state index contributed by atoms with van der Waals surface area (Å²) < 4.78 is 5.07. The van der Waals surface area contributed by atoms with E-state index in [1.807, 2.05) is 0 Å². The van der Waals surface area contributed by atoms with Gasteiger partial charge in [0.2, 0.25) is 5.90 Å². The number of nitro benzene ring substituents is 2. The molecule has 0 N–H and O–H groups in total. The topological polar surface area (TPSA) is 125 Å². The fourth-order valence-electron chi connectivity index (χ4n) is 2.36. The Kier molecular flexibility index (Phi) is 4.27. The van der Waals surface area contributed by atoms with E-state index >= 15 is 0 Å². The second-order valence-corrected chi connectivity index (χ2v) is 5.45. The number of carbonyl (C=O) groups is 1. The summed E-state index contributed by atoms with van der Waals surface area (Å²) in [6.45, 7) is 1.60. The molecule has 0 saturated carbocycles. The van der Waals surface area contributed by atoms with Crippen LogP contribution in [0.1, 0.15) is 16.7 Å². The first kappa shape index (κ1) is 17.0. The third-order valence-electron chi connectivity index (χ3n) is 3.66. The molecule has 0 fully saturated rings. The summed E-state index contributed by atoms with van der Waals surface area (Å²) in [6, 6.07) is 10.1. The molecule has 1 heterocycles. The van der Waals surface area contributed by atoms with Crippen molar-refractivity contribution in [3.63, 3.8) is 0 Å². The number of ether oxygens (including phenoxy) is 1. The molecule has 1 aliphatic rings. The lowest BCUT2D eigenvalue weighted by molar-refractivity contribution is -0.385. The normalized spacial score (nSPS) is 14.9. The van der Waals surface area contributed by atoms with Gasteiger partial charge in [0.25, 0.3) is 11.4 Å². The minimum absolute atomic E-state index is 0.0521. The molecule has 3 rings (SSSR count). The maximum absolute atomic E-state index is 12.0. The van der Waals surface area contributed by atoms with Crippen molar-refractivity contribution in [3.05, 3.63) is 85.1 Å². The third kappa shape index (κ3) is 3.31. The number of carbonyl (C=O) groups excluding carboxylic acids is 1. The average molecular weight is 353 g/mol. The van der Waals surface area contributed by atoms with Gasteiger partial charge in [-0.3, -0.25) is 20.2 Å². The van der Waals surface area contributed by atoms with Gasteiger partial charge in [-0.15, -0.1) is 0 Å². The summed E-state index contributed by atoms with van der Waals surface area (Å²) in [4.78, 5) is 36.8.